The Kier molecular flexibility index (Phi) is 4.58. The standard InChI is InChI=1S/C13H15ClF2N2O/c14-6-12(17)18-9-4-10(15)13(11(16)5-9)19-7-8-2-1-3-8/h4-5,8H,1-3,6-7H2,(H2,17,18). The van der Waals surface area contributed by atoms with E-state index in [9.17, 15) is 8.78 Å². The molecule has 1 aliphatic rings. The molecule has 0 radical (unpaired) electrons. The van der Waals surface area contributed by atoms with Gasteiger partial charge in [0.1, 0.15) is 5.84 Å². The number of nitrogens with two attached hydrogens (primary N) is 1. The van der Waals surface area contributed by atoms with Crippen molar-refractivity contribution >= 4 is 23.1 Å². The van der Waals surface area contributed by atoms with Gasteiger partial charge in [-0.1, -0.05) is 6.42 Å². The molecule has 0 spiro atoms. The third kappa shape index (κ3) is 3.56. The number of benzene rings is 1. The van der Waals surface area contributed by atoms with Crippen LogP contribution in [0.1, 0.15) is 19.3 Å². The highest BCUT2D eigenvalue weighted by Gasteiger charge is 2.20. The number of nitrogens with zero attached hydrogens (tertiary/aromatic N) is 1. The van der Waals surface area contributed by atoms with Gasteiger partial charge in [-0.2, -0.15) is 0 Å². The summed E-state index contributed by atoms with van der Waals surface area (Å²) in [7, 11) is 0. The van der Waals surface area contributed by atoms with Crippen molar-refractivity contribution in [3.05, 3.63) is 23.8 Å². The number of alkyl halides is 1. The second kappa shape index (κ2) is 6.19. The molecule has 0 bridgehead atoms. The first-order chi connectivity index (χ1) is 9.10. The van der Waals surface area contributed by atoms with E-state index >= 15 is 0 Å². The molecular formula is C13H15ClF2N2O. The molecular weight excluding hydrogens is 274 g/mol. The van der Waals surface area contributed by atoms with Gasteiger partial charge in [-0.05, 0) is 18.8 Å². The molecule has 1 saturated carbocycles. The molecule has 1 aromatic carbocycles. The molecule has 1 aliphatic carbocycles. The van der Waals surface area contributed by atoms with Gasteiger partial charge in [-0.25, -0.2) is 13.8 Å². The lowest BCUT2D eigenvalue weighted by Crippen LogP contribution is -2.20. The normalized spacial score (nSPS) is 16.3. The van der Waals surface area contributed by atoms with E-state index in [4.69, 9.17) is 22.1 Å². The minimum Gasteiger partial charge on any atom is -0.487 e. The van der Waals surface area contributed by atoms with Crippen molar-refractivity contribution in [3.63, 3.8) is 0 Å². The number of rotatable bonds is 5. The molecule has 0 aromatic heterocycles. The van der Waals surface area contributed by atoms with Gasteiger partial charge in [0.05, 0.1) is 18.2 Å². The Morgan fingerprint density at radius 2 is 2.00 bits per heavy atom. The van der Waals surface area contributed by atoms with Crippen molar-refractivity contribution in [2.45, 2.75) is 19.3 Å². The Hall–Kier alpha value is -1.36. The van der Waals surface area contributed by atoms with E-state index in [1.165, 1.54) is 0 Å². The molecule has 2 N–H and O–H groups in total. The molecule has 0 heterocycles. The molecule has 104 valence electrons. The lowest BCUT2D eigenvalue weighted by atomic mass is 9.86. The number of hydrogen-bond donors (Lipinski definition) is 1. The van der Waals surface area contributed by atoms with E-state index < -0.39 is 11.6 Å². The fraction of sp³-hybridized carbons (Fsp3) is 0.462. The second-order valence-electron chi connectivity index (χ2n) is 4.58. The monoisotopic (exact) mass is 288 g/mol. The Balaban J connectivity index is 2.11. The Morgan fingerprint density at radius 3 is 2.47 bits per heavy atom. The predicted octanol–water partition coefficient (Wildman–Crippen LogP) is 3.37. The van der Waals surface area contributed by atoms with E-state index in [0.717, 1.165) is 31.4 Å². The van der Waals surface area contributed by atoms with E-state index in [1.807, 2.05) is 0 Å². The number of halogens is 3. The lowest BCUT2D eigenvalue weighted by Gasteiger charge is -2.25. The van der Waals surface area contributed by atoms with Gasteiger partial charge in [-0.15, -0.1) is 11.6 Å². The molecule has 6 heteroatoms. The number of amidine groups is 1. The largest absolute Gasteiger partial charge is 0.487 e. The van der Waals surface area contributed by atoms with Gasteiger partial charge in [0.2, 0.25) is 0 Å². The van der Waals surface area contributed by atoms with Crippen LogP contribution in [0.15, 0.2) is 17.1 Å². The summed E-state index contributed by atoms with van der Waals surface area (Å²) < 4.78 is 32.7. The molecule has 1 fully saturated rings. The third-order valence-electron chi connectivity index (χ3n) is 3.08. The summed E-state index contributed by atoms with van der Waals surface area (Å²) in [6.45, 7) is 0.347. The van der Waals surface area contributed by atoms with Crippen LogP contribution in [0.5, 0.6) is 5.75 Å². The smallest absolute Gasteiger partial charge is 0.190 e. The van der Waals surface area contributed by atoms with E-state index in [0.29, 0.717) is 12.5 Å². The summed E-state index contributed by atoms with van der Waals surface area (Å²) in [5, 5.41) is 0. The van der Waals surface area contributed by atoms with Gasteiger partial charge in [-0.3, -0.25) is 0 Å². The highest BCUT2D eigenvalue weighted by molar-refractivity contribution is 6.28. The first-order valence-corrected chi connectivity index (χ1v) is 6.64. The zero-order chi connectivity index (χ0) is 13.8. The zero-order valence-electron chi connectivity index (χ0n) is 10.3. The van der Waals surface area contributed by atoms with Crippen molar-refractivity contribution in [3.8, 4) is 5.75 Å². The minimum absolute atomic E-state index is 0.00314. The van der Waals surface area contributed by atoms with Crippen LogP contribution in [-0.4, -0.2) is 18.3 Å². The lowest BCUT2D eigenvalue weighted by molar-refractivity contribution is 0.170. The van der Waals surface area contributed by atoms with Crippen molar-refractivity contribution in [1.29, 1.82) is 0 Å². The van der Waals surface area contributed by atoms with Crippen molar-refractivity contribution < 1.29 is 13.5 Å². The van der Waals surface area contributed by atoms with Crippen LogP contribution in [0.25, 0.3) is 0 Å². The van der Waals surface area contributed by atoms with Crippen LogP contribution >= 0.6 is 11.6 Å². The van der Waals surface area contributed by atoms with Gasteiger partial charge >= 0.3 is 0 Å². The third-order valence-corrected chi connectivity index (χ3v) is 3.35. The van der Waals surface area contributed by atoms with Gasteiger partial charge in [0.25, 0.3) is 0 Å². The Labute approximate surface area is 115 Å². The first-order valence-electron chi connectivity index (χ1n) is 6.11. The van der Waals surface area contributed by atoms with Crippen LogP contribution in [0.2, 0.25) is 0 Å². The molecule has 3 nitrogen and oxygen atoms in total. The molecule has 0 saturated heterocycles. The van der Waals surface area contributed by atoms with Crippen molar-refractivity contribution in [2.75, 3.05) is 12.5 Å². The van der Waals surface area contributed by atoms with Crippen LogP contribution in [0, 0.1) is 17.6 Å². The van der Waals surface area contributed by atoms with Crippen LogP contribution < -0.4 is 10.5 Å². The summed E-state index contributed by atoms with van der Waals surface area (Å²) >= 11 is 5.45. The van der Waals surface area contributed by atoms with Crippen molar-refractivity contribution in [1.82, 2.24) is 0 Å². The maximum atomic E-state index is 13.7. The SMILES string of the molecule is NC(CCl)=Nc1cc(F)c(OCC2CCC2)c(F)c1. The second-order valence-corrected chi connectivity index (χ2v) is 4.85. The first kappa shape index (κ1) is 14.1. The summed E-state index contributed by atoms with van der Waals surface area (Å²) in [6.07, 6.45) is 3.26. The fourth-order valence-corrected chi connectivity index (χ4v) is 1.87. The summed E-state index contributed by atoms with van der Waals surface area (Å²) in [4.78, 5) is 3.79. The average Bonchev–Trinajstić information content (AvgIpc) is 2.30. The quantitative estimate of drug-likeness (QED) is 0.513. The maximum Gasteiger partial charge on any atom is 0.190 e. The van der Waals surface area contributed by atoms with Crippen LogP contribution in [0.4, 0.5) is 14.5 Å². The highest BCUT2D eigenvalue weighted by atomic mass is 35.5. The molecule has 19 heavy (non-hydrogen) atoms. The number of ether oxygens (including phenoxy) is 1. The molecule has 0 unspecified atom stereocenters. The van der Waals surface area contributed by atoms with E-state index in [2.05, 4.69) is 4.99 Å². The molecule has 0 aliphatic heterocycles. The Morgan fingerprint density at radius 1 is 1.37 bits per heavy atom. The average molecular weight is 289 g/mol. The highest BCUT2D eigenvalue weighted by Crippen LogP contribution is 2.31. The Bertz CT molecular complexity index is 467. The van der Waals surface area contributed by atoms with E-state index in [1.54, 1.807) is 0 Å². The molecule has 0 amide bonds. The van der Waals surface area contributed by atoms with Gasteiger partial charge in [0, 0.05) is 12.1 Å². The number of aliphatic imine (C=N–C) groups is 1. The summed E-state index contributed by atoms with van der Waals surface area (Å²) in [5.74, 6) is -1.40. The predicted molar refractivity (Wildman–Crippen MR) is 71.2 cm³/mol. The topological polar surface area (TPSA) is 47.6 Å². The van der Waals surface area contributed by atoms with Crippen LogP contribution in [-0.2, 0) is 0 Å². The minimum atomic E-state index is -0.777. The summed E-state index contributed by atoms with van der Waals surface area (Å²) in [5.41, 5.74) is 5.50. The molecule has 2 rings (SSSR count). The van der Waals surface area contributed by atoms with E-state index in [-0.39, 0.29) is 23.2 Å². The molecule has 0 atom stereocenters. The fourth-order valence-electron chi connectivity index (χ4n) is 1.81. The maximum absolute atomic E-state index is 13.7. The number of hydrogen-bond acceptors (Lipinski definition) is 2. The van der Waals surface area contributed by atoms with Gasteiger partial charge in [0.15, 0.2) is 17.4 Å². The zero-order valence-corrected chi connectivity index (χ0v) is 11.1. The van der Waals surface area contributed by atoms with Crippen LogP contribution in [0.3, 0.4) is 0 Å². The molecule has 1 aromatic rings. The summed E-state index contributed by atoms with van der Waals surface area (Å²) in [6, 6.07) is 2.16. The van der Waals surface area contributed by atoms with Gasteiger partial charge < -0.3 is 10.5 Å². The van der Waals surface area contributed by atoms with Crippen molar-refractivity contribution in [2.24, 2.45) is 16.6 Å².